The number of hydrogen-bond donors (Lipinski definition) is 1. The van der Waals surface area contributed by atoms with E-state index in [4.69, 9.17) is 0 Å². The van der Waals surface area contributed by atoms with E-state index in [1.165, 1.54) is 5.56 Å². The second kappa shape index (κ2) is 3.79. The van der Waals surface area contributed by atoms with E-state index in [0.717, 1.165) is 5.69 Å². The van der Waals surface area contributed by atoms with Gasteiger partial charge < -0.3 is 0 Å². The predicted molar refractivity (Wildman–Crippen MR) is 35.2 cm³/mol. The Kier molecular flexibility index (Phi) is 4.19. The van der Waals surface area contributed by atoms with Crippen LogP contribution in [0.5, 0.6) is 0 Å². The predicted octanol–water partition coefficient (Wildman–Crippen LogP) is 0.378. The Morgan fingerprint density at radius 1 is 1.50 bits per heavy atom. The summed E-state index contributed by atoms with van der Waals surface area (Å²) in [5, 5.41) is 6.64. The van der Waals surface area contributed by atoms with Gasteiger partial charge in [0.25, 0.3) is 0 Å². The van der Waals surface area contributed by atoms with Gasteiger partial charge >= 0.3 is 51.4 Å². The molecule has 0 amide bonds. The standard InChI is InChI=1S/C5H8N2.K.H/c1-4-3-6-7-5(4)2;;/h3H,1-2H3,(H,6,7);;. The maximum atomic E-state index is 3.89. The molecule has 0 aliphatic heterocycles. The van der Waals surface area contributed by atoms with Crippen molar-refractivity contribution in [2.24, 2.45) is 0 Å². The van der Waals surface area contributed by atoms with E-state index in [1.54, 1.807) is 0 Å². The summed E-state index contributed by atoms with van der Waals surface area (Å²) < 4.78 is 0. The van der Waals surface area contributed by atoms with Crippen LogP contribution in [-0.4, -0.2) is 61.6 Å². The first-order valence-corrected chi connectivity index (χ1v) is 2.27. The fourth-order valence-corrected chi connectivity index (χ4v) is 0.419. The summed E-state index contributed by atoms with van der Waals surface area (Å²) >= 11 is 0. The van der Waals surface area contributed by atoms with Gasteiger partial charge in [-0.2, -0.15) is 5.10 Å². The molecule has 0 aliphatic carbocycles. The number of rotatable bonds is 0. The van der Waals surface area contributed by atoms with Gasteiger partial charge in [0.05, 0.1) is 5.69 Å². The second-order valence-electron chi connectivity index (χ2n) is 1.65. The molecule has 0 radical (unpaired) electrons. The third-order valence-electron chi connectivity index (χ3n) is 1.08. The Labute approximate surface area is 91.5 Å². The third-order valence-corrected chi connectivity index (χ3v) is 1.08. The van der Waals surface area contributed by atoms with Crippen molar-refractivity contribution in [1.29, 1.82) is 0 Å². The molecule has 1 heterocycles. The first-order valence-electron chi connectivity index (χ1n) is 2.27. The summed E-state index contributed by atoms with van der Waals surface area (Å²) in [7, 11) is 0. The van der Waals surface area contributed by atoms with E-state index in [-0.39, 0.29) is 51.4 Å². The minimum absolute atomic E-state index is 0. The molecule has 40 valence electrons. The van der Waals surface area contributed by atoms with E-state index in [1.807, 2.05) is 20.0 Å². The SMILES string of the molecule is Cc1c[nH]nc1C.[KH]. The molecule has 1 rings (SSSR count). The topological polar surface area (TPSA) is 28.7 Å². The molecule has 0 fully saturated rings. The van der Waals surface area contributed by atoms with Crippen molar-refractivity contribution in [3.05, 3.63) is 17.5 Å². The average molecular weight is 136 g/mol. The zero-order chi connectivity index (χ0) is 5.28. The van der Waals surface area contributed by atoms with Crippen molar-refractivity contribution in [3.63, 3.8) is 0 Å². The van der Waals surface area contributed by atoms with Crippen LogP contribution in [0.25, 0.3) is 0 Å². The third kappa shape index (κ3) is 1.99. The molecule has 0 unspecified atom stereocenters. The molecule has 0 aromatic carbocycles. The van der Waals surface area contributed by atoms with Crippen LogP contribution in [0.4, 0.5) is 0 Å². The van der Waals surface area contributed by atoms with E-state index < -0.39 is 0 Å². The first-order chi connectivity index (χ1) is 3.30. The molecule has 1 N–H and O–H groups in total. The summed E-state index contributed by atoms with van der Waals surface area (Å²) in [6.45, 7) is 4.00. The van der Waals surface area contributed by atoms with Gasteiger partial charge in [-0.3, -0.25) is 5.10 Å². The molecule has 0 atom stereocenters. The Bertz CT molecular complexity index is 143. The zero-order valence-electron chi connectivity index (χ0n) is 4.52. The summed E-state index contributed by atoms with van der Waals surface area (Å²) in [6, 6.07) is 0. The molecular formula is C5H9KN2. The van der Waals surface area contributed by atoms with Gasteiger partial charge in [0, 0.05) is 6.20 Å². The number of aryl methyl sites for hydroxylation is 2. The molecule has 2 nitrogen and oxygen atoms in total. The van der Waals surface area contributed by atoms with Gasteiger partial charge in [-0.15, -0.1) is 0 Å². The normalized spacial score (nSPS) is 8.25. The molecular weight excluding hydrogens is 127 g/mol. The molecule has 0 spiro atoms. The van der Waals surface area contributed by atoms with Crippen molar-refractivity contribution in [1.82, 2.24) is 10.2 Å². The van der Waals surface area contributed by atoms with Crippen LogP contribution in [0.1, 0.15) is 11.3 Å². The number of aromatic nitrogens is 2. The molecule has 0 aliphatic rings. The Morgan fingerprint density at radius 2 is 2.12 bits per heavy atom. The van der Waals surface area contributed by atoms with Crippen LogP contribution in [0.2, 0.25) is 0 Å². The van der Waals surface area contributed by atoms with Gasteiger partial charge in [0.2, 0.25) is 0 Å². The van der Waals surface area contributed by atoms with Crippen molar-refractivity contribution in [2.75, 3.05) is 0 Å². The molecule has 0 bridgehead atoms. The van der Waals surface area contributed by atoms with Crippen LogP contribution < -0.4 is 0 Å². The van der Waals surface area contributed by atoms with Gasteiger partial charge in [-0.1, -0.05) is 0 Å². The monoisotopic (exact) mass is 136 g/mol. The van der Waals surface area contributed by atoms with Gasteiger partial charge in [-0.05, 0) is 19.4 Å². The summed E-state index contributed by atoms with van der Waals surface area (Å²) in [5.74, 6) is 0. The van der Waals surface area contributed by atoms with E-state index in [9.17, 15) is 0 Å². The van der Waals surface area contributed by atoms with Crippen LogP contribution in [-0.2, 0) is 0 Å². The van der Waals surface area contributed by atoms with Crippen LogP contribution >= 0.6 is 0 Å². The van der Waals surface area contributed by atoms with E-state index in [0.29, 0.717) is 0 Å². The molecule has 1 aromatic heterocycles. The molecule has 3 heteroatoms. The maximum absolute atomic E-state index is 3.89. The number of nitrogens with zero attached hydrogens (tertiary/aromatic N) is 1. The summed E-state index contributed by atoms with van der Waals surface area (Å²) in [5.41, 5.74) is 2.31. The Balaban J connectivity index is 0.000000490. The van der Waals surface area contributed by atoms with Crippen molar-refractivity contribution in [2.45, 2.75) is 13.8 Å². The summed E-state index contributed by atoms with van der Waals surface area (Å²) in [6.07, 6.45) is 1.88. The number of nitrogens with one attached hydrogen (secondary N) is 1. The van der Waals surface area contributed by atoms with Gasteiger partial charge in [0.15, 0.2) is 0 Å². The fraction of sp³-hybridized carbons (Fsp3) is 0.400. The minimum atomic E-state index is 0. The van der Waals surface area contributed by atoms with Crippen molar-refractivity contribution in [3.8, 4) is 0 Å². The molecule has 0 saturated carbocycles. The van der Waals surface area contributed by atoms with Crippen LogP contribution in [0.3, 0.4) is 0 Å². The molecule has 0 saturated heterocycles. The summed E-state index contributed by atoms with van der Waals surface area (Å²) in [4.78, 5) is 0. The Hall–Kier alpha value is 0.846. The zero-order valence-corrected chi connectivity index (χ0v) is 4.52. The Morgan fingerprint density at radius 3 is 2.25 bits per heavy atom. The quantitative estimate of drug-likeness (QED) is 0.513. The van der Waals surface area contributed by atoms with Gasteiger partial charge in [-0.25, -0.2) is 0 Å². The van der Waals surface area contributed by atoms with E-state index >= 15 is 0 Å². The average Bonchev–Trinajstić information content (AvgIpc) is 1.91. The number of aromatic amines is 1. The van der Waals surface area contributed by atoms with Crippen molar-refractivity contribution >= 4 is 51.4 Å². The molecule has 8 heavy (non-hydrogen) atoms. The second-order valence-corrected chi connectivity index (χ2v) is 1.65. The van der Waals surface area contributed by atoms with E-state index in [2.05, 4.69) is 10.2 Å². The van der Waals surface area contributed by atoms with Gasteiger partial charge in [0.1, 0.15) is 0 Å². The number of hydrogen-bond acceptors (Lipinski definition) is 1. The molecule has 1 aromatic rings. The number of H-pyrrole nitrogens is 1. The fourth-order valence-electron chi connectivity index (χ4n) is 0.419. The first kappa shape index (κ1) is 8.85. The van der Waals surface area contributed by atoms with Crippen LogP contribution in [0.15, 0.2) is 6.20 Å². The van der Waals surface area contributed by atoms with Crippen molar-refractivity contribution < 1.29 is 0 Å². The van der Waals surface area contributed by atoms with Crippen LogP contribution in [0, 0.1) is 13.8 Å².